The van der Waals surface area contributed by atoms with Crippen LogP contribution in [0.25, 0.3) is 10.9 Å². The van der Waals surface area contributed by atoms with Gasteiger partial charge in [0.15, 0.2) is 0 Å². The number of alkyl halides is 3. The lowest BCUT2D eigenvalue weighted by Gasteiger charge is -2.20. The number of pyridine rings is 1. The third-order valence-corrected chi connectivity index (χ3v) is 4.99. The number of rotatable bonds is 1. The van der Waals surface area contributed by atoms with Crippen LogP contribution in [0.5, 0.6) is 0 Å². The van der Waals surface area contributed by atoms with Crippen molar-refractivity contribution in [1.82, 2.24) is 10.3 Å². The van der Waals surface area contributed by atoms with Crippen molar-refractivity contribution in [3.05, 3.63) is 40.6 Å². The summed E-state index contributed by atoms with van der Waals surface area (Å²) < 4.78 is 39.7. The smallest absolute Gasteiger partial charge is 0.316 e. The fraction of sp³-hybridized carbons (Fsp3) is 0.412. The molecule has 2 atom stereocenters. The van der Waals surface area contributed by atoms with Gasteiger partial charge in [0.1, 0.15) is 0 Å². The van der Waals surface area contributed by atoms with E-state index in [-0.39, 0.29) is 17.4 Å². The van der Waals surface area contributed by atoms with E-state index in [1.807, 2.05) is 6.07 Å². The zero-order valence-electron chi connectivity index (χ0n) is 12.5. The van der Waals surface area contributed by atoms with Crippen molar-refractivity contribution in [2.45, 2.75) is 31.4 Å². The molecule has 1 aromatic heterocycles. The minimum absolute atomic E-state index is 0.0333. The van der Waals surface area contributed by atoms with Crippen LogP contribution in [-0.2, 0) is 0 Å². The third kappa shape index (κ3) is 2.08. The van der Waals surface area contributed by atoms with Gasteiger partial charge in [0, 0.05) is 30.2 Å². The number of nitrogens with one attached hydrogen (secondary N) is 1. The van der Waals surface area contributed by atoms with Gasteiger partial charge in [-0.2, -0.15) is 13.2 Å². The molecule has 2 bridgehead atoms. The number of ketones is 1. The van der Waals surface area contributed by atoms with Crippen molar-refractivity contribution < 1.29 is 18.0 Å². The molecule has 2 unspecified atom stereocenters. The quantitative estimate of drug-likeness (QED) is 0.818. The number of halogens is 3. The Bertz CT molecular complexity index is 829. The van der Waals surface area contributed by atoms with E-state index in [1.54, 1.807) is 19.2 Å². The van der Waals surface area contributed by atoms with Crippen molar-refractivity contribution in [2.24, 2.45) is 0 Å². The van der Waals surface area contributed by atoms with Crippen LogP contribution in [0.2, 0.25) is 0 Å². The topological polar surface area (TPSA) is 42.0 Å². The molecule has 3 nitrogen and oxygen atoms in total. The third-order valence-electron chi connectivity index (χ3n) is 4.99. The molecule has 120 valence electrons. The normalized spacial score (nSPS) is 23.1. The second-order valence-electron chi connectivity index (χ2n) is 6.39. The van der Waals surface area contributed by atoms with Gasteiger partial charge in [-0.15, -0.1) is 0 Å². The van der Waals surface area contributed by atoms with Crippen LogP contribution in [-0.4, -0.2) is 30.0 Å². The molecule has 0 spiro atoms. The van der Waals surface area contributed by atoms with Gasteiger partial charge in [-0.05, 0) is 54.0 Å². The summed E-state index contributed by atoms with van der Waals surface area (Å²) in [6.45, 7) is 3.08. The lowest BCUT2D eigenvalue weighted by atomic mass is 9.88. The molecule has 0 amide bonds. The number of carbonyl (C=O) groups is 1. The minimum Gasteiger partial charge on any atom is -0.316 e. The highest BCUT2D eigenvalue weighted by molar-refractivity contribution is 6.13. The molecule has 23 heavy (non-hydrogen) atoms. The molecule has 1 aliphatic carbocycles. The Morgan fingerprint density at radius 1 is 1.30 bits per heavy atom. The minimum atomic E-state index is -4.88. The molecular weight excluding hydrogens is 305 g/mol. The van der Waals surface area contributed by atoms with Gasteiger partial charge in [-0.25, -0.2) is 0 Å². The summed E-state index contributed by atoms with van der Waals surface area (Å²) in [7, 11) is 0. The zero-order chi connectivity index (χ0) is 16.4. The van der Waals surface area contributed by atoms with E-state index in [0.717, 1.165) is 18.5 Å². The van der Waals surface area contributed by atoms with E-state index in [2.05, 4.69) is 10.3 Å². The second-order valence-corrected chi connectivity index (χ2v) is 6.39. The van der Waals surface area contributed by atoms with Gasteiger partial charge in [0.2, 0.25) is 0 Å². The lowest BCUT2D eigenvalue weighted by Crippen LogP contribution is -2.29. The van der Waals surface area contributed by atoms with E-state index < -0.39 is 12.0 Å². The summed E-state index contributed by atoms with van der Waals surface area (Å²) >= 11 is 0. The number of nitrogens with zero attached hydrogens (tertiary/aromatic N) is 1. The summed E-state index contributed by atoms with van der Waals surface area (Å²) in [5.74, 6) is -1.62. The van der Waals surface area contributed by atoms with Crippen LogP contribution in [0.4, 0.5) is 13.2 Å². The SMILES string of the molecule is Cc1ccnc2cc3c(c(C(=O)C(F)(F)F)c12)C1CNCC3C1. The average Bonchev–Trinajstić information content (AvgIpc) is 2.75. The standard InChI is InChI=1S/C17H15F3N2O/c1-8-2-3-22-12-5-11-9-4-10(7-21-6-9)14(11)15(13(8)12)16(23)17(18,19)20/h2-3,5,9-10,21H,4,6-7H2,1H3. The fourth-order valence-electron chi connectivity index (χ4n) is 4.07. The molecule has 2 aromatic rings. The van der Waals surface area contributed by atoms with Crippen LogP contribution in [0.3, 0.4) is 0 Å². The highest BCUT2D eigenvalue weighted by Gasteiger charge is 2.46. The van der Waals surface area contributed by atoms with Crippen LogP contribution >= 0.6 is 0 Å². The molecule has 6 heteroatoms. The van der Waals surface area contributed by atoms with Crippen molar-refractivity contribution in [2.75, 3.05) is 13.1 Å². The number of Topliss-reactive ketones (excluding diaryl/α,β-unsaturated/α-hetero) is 1. The number of aryl methyl sites for hydroxylation is 1. The van der Waals surface area contributed by atoms with Gasteiger partial charge >= 0.3 is 6.18 Å². The number of fused-ring (bicyclic) bond motifs is 6. The number of carbonyl (C=O) groups excluding carboxylic acids is 1. The number of benzene rings is 1. The lowest BCUT2D eigenvalue weighted by molar-refractivity contribution is -0.0884. The first-order valence-electron chi connectivity index (χ1n) is 7.62. The van der Waals surface area contributed by atoms with E-state index in [9.17, 15) is 18.0 Å². The Hall–Kier alpha value is -1.95. The molecule has 0 saturated carbocycles. The first kappa shape index (κ1) is 14.6. The molecular formula is C17H15F3N2O. The van der Waals surface area contributed by atoms with Gasteiger partial charge in [-0.3, -0.25) is 9.78 Å². The average molecular weight is 320 g/mol. The van der Waals surface area contributed by atoms with Crippen molar-refractivity contribution >= 4 is 16.7 Å². The highest BCUT2D eigenvalue weighted by Crippen LogP contribution is 2.48. The van der Waals surface area contributed by atoms with Crippen LogP contribution in [0.1, 0.15) is 45.3 Å². The van der Waals surface area contributed by atoms with Crippen LogP contribution in [0.15, 0.2) is 18.3 Å². The largest absolute Gasteiger partial charge is 0.454 e. The van der Waals surface area contributed by atoms with Gasteiger partial charge in [0.05, 0.1) is 5.52 Å². The molecule has 1 aliphatic heterocycles. The van der Waals surface area contributed by atoms with E-state index >= 15 is 0 Å². The predicted molar refractivity (Wildman–Crippen MR) is 79.8 cm³/mol. The zero-order valence-corrected chi connectivity index (χ0v) is 12.5. The fourth-order valence-corrected chi connectivity index (χ4v) is 4.07. The summed E-state index contributed by atoms with van der Waals surface area (Å²) in [5, 5.41) is 3.60. The number of hydrogen-bond donors (Lipinski definition) is 1. The maximum absolute atomic E-state index is 13.2. The monoisotopic (exact) mass is 320 g/mol. The van der Waals surface area contributed by atoms with Gasteiger partial charge < -0.3 is 5.32 Å². The van der Waals surface area contributed by atoms with E-state index in [4.69, 9.17) is 0 Å². The second kappa shape index (κ2) is 4.77. The predicted octanol–water partition coefficient (Wildman–Crippen LogP) is 3.46. The summed E-state index contributed by atoms with van der Waals surface area (Å²) in [4.78, 5) is 16.4. The molecule has 0 radical (unpaired) electrons. The molecule has 1 saturated heterocycles. The van der Waals surface area contributed by atoms with Gasteiger partial charge in [0.25, 0.3) is 5.78 Å². The first-order valence-corrected chi connectivity index (χ1v) is 7.62. The molecule has 1 N–H and O–H groups in total. The summed E-state index contributed by atoms with van der Waals surface area (Å²) in [5.41, 5.74) is 2.40. The molecule has 1 aromatic carbocycles. The molecule has 2 aliphatic rings. The summed E-state index contributed by atoms with van der Waals surface area (Å²) in [6, 6.07) is 3.53. The van der Waals surface area contributed by atoms with E-state index in [1.165, 1.54) is 0 Å². The molecule has 2 heterocycles. The van der Waals surface area contributed by atoms with Crippen LogP contribution in [0, 0.1) is 6.92 Å². The number of aromatic nitrogens is 1. The van der Waals surface area contributed by atoms with E-state index in [0.29, 0.717) is 28.6 Å². The van der Waals surface area contributed by atoms with Crippen molar-refractivity contribution in [3.8, 4) is 0 Å². The highest BCUT2D eigenvalue weighted by atomic mass is 19.4. The molecule has 4 rings (SSSR count). The Balaban J connectivity index is 2.11. The Kier molecular flexibility index (Phi) is 3.04. The Morgan fingerprint density at radius 3 is 2.78 bits per heavy atom. The Labute approximate surface area is 130 Å². The van der Waals surface area contributed by atoms with Crippen molar-refractivity contribution in [3.63, 3.8) is 0 Å². The molecule has 1 fully saturated rings. The van der Waals surface area contributed by atoms with Gasteiger partial charge in [-0.1, -0.05) is 0 Å². The van der Waals surface area contributed by atoms with Crippen LogP contribution < -0.4 is 5.32 Å². The first-order chi connectivity index (χ1) is 10.9. The van der Waals surface area contributed by atoms with Crippen molar-refractivity contribution in [1.29, 1.82) is 0 Å². The summed E-state index contributed by atoms with van der Waals surface area (Å²) in [6.07, 6.45) is -2.50. The maximum atomic E-state index is 13.2. The Morgan fingerprint density at radius 2 is 2.04 bits per heavy atom. The maximum Gasteiger partial charge on any atom is 0.454 e. The number of hydrogen-bond acceptors (Lipinski definition) is 3. The number of piperidine rings is 1.